The first-order valence-electron chi connectivity index (χ1n) is 9.63. The molecule has 9 heteroatoms. The van der Waals surface area contributed by atoms with E-state index in [0.717, 1.165) is 18.9 Å². The average Bonchev–Trinajstić information content (AvgIpc) is 3.13. The molecule has 0 atom stereocenters. The van der Waals surface area contributed by atoms with Crippen LogP contribution >= 0.6 is 0 Å². The number of aliphatic imine (C=N–C) groups is 1. The molecule has 0 aliphatic carbocycles. The monoisotopic (exact) mass is 417 g/mol. The number of nitrogens with zero attached hydrogens (tertiary/aromatic N) is 3. The van der Waals surface area contributed by atoms with E-state index in [-0.39, 0.29) is 28.4 Å². The summed E-state index contributed by atoms with van der Waals surface area (Å²) in [7, 11) is 0. The second kappa shape index (κ2) is 9.45. The number of carbonyl (C=O) groups is 2. The fourth-order valence-electron chi connectivity index (χ4n) is 3.03. The predicted molar refractivity (Wildman–Crippen MR) is 114 cm³/mol. The zero-order chi connectivity index (χ0) is 22.4. The number of rotatable bonds is 6. The van der Waals surface area contributed by atoms with Crippen molar-refractivity contribution in [3.63, 3.8) is 0 Å². The summed E-state index contributed by atoms with van der Waals surface area (Å²) >= 11 is 0. The van der Waals surface area contributed by atoms with Crippen molar-refractivity contribution in [1.82, 2.24) is 10.6 Å². The lowest BCUT2D eigenvalue weighted by molar-refractivity contribution is -0.384. The Bertz CT molecular complexity index is 1160. The van der Waals surface area contributed by atoms with Gasteiger partial charge in [-0.15, -0.1) is 0 Å². The number of nitro groups is 1. The molecular weight excluding hydrogens is 398 g/mol. The molecule has 2 aromatic carbocycles. The Hall–Kier alpha value is -4.32. The summed E-state index contributed by atoms with van der Waals surface area (Å²) in [6.45, 7) is 2.43. The Morgan fingerprint density at radius 2 is 1.90 bits per heavy atom. The molecule has 0 bridgehead atoms. The first-order chi connectivity index (χ1) is 15.0. The van der Waals surface area contributed by atoms with Crippen molar-refractivity contribution in [1.29, 1.82) is 5.26 Å². The zero-order valence-corrected chi connectivity index (χ0v) is 16.7. The predicted octanol–water partition coefficient (Wildman–Crippen LogP) is 2.94. The SMILES string of the molecule is CCCCNC(=O)/C(C#N)=C1\N=C(NC(=O)c2cccc([N+](=O)[O-])c2)c2ccccc21. The maximum absolute atomic E-state index is 12.7. The molecule has 31 heavy (non-hydrogen) atoms. The molecule has 2 amide bonds. The Morgan fingerprint density at radius 3 is 2.58 bits per heavy atom. The summed E-state index contributed by atoms with van der Waals surface area (Å²) in [6, 6.07) is 14.1. The Labute approximate surface area is 178 Å². The van der Waals surface area contributed by atoms with E-state index in [4.69, 9.17) is 0 Å². The maximum atomic E-state index is 12.7. The molecule has 2 aromatic rings. The zero-order valence-electron chi connectivity index (χ0n) is 16.7. The number of carbonyl (C=O) groups excluding carboxylic acids is 2. The number of unbranched alkanes of at least 4 members (excludes halogenated alkanes) is 1. The van der Waals surface area contributed by atoms with Gasteiger partial charge in [-0.25, -0.2) is 4.99 Å². The maximum Gasteiger partial charge on any atom is 0.270 e. The van der Waals surface area contributed by atoms with E-state index < -0.39 is 16.7 Å². The third kappa shape index (κ3) is 4.64. The third-order valence-corrected chi connectivity index (χ3v) is 4.60. The van der Waals surface area contributed by atoms with Gasteiger partial charge in [0.15, 0.2) is 0 Å². The van der Waals surface area contributed by atoms with E-state index in [0.29, 0.717) is 17.7 Å². The molecule has 0 saturated carbocycles. The van der Waals surface area contributed by atoms with Gasteiger partial charge in [0.1, 0.15) is 17.5 Å². The quantitative estimate of drug-likeness (QED) is 0.245. The van der Waals surface area contributed by atoms with Gasteiger partial charge >= 0.3 is 0 Å². The number of fused-ring (bicyclic) bond motifs is 1. The van der Waals surface area contributed by atoms with Crippen LogP contribution < -0.4 is 10.6 Å². The lowest BCUT2D eigenvalue weighted by atomic mass is 10.0. The number of nitrogens with one attached hydrogen (secondary N) is 2. The minimum atomic E-state index is -0.593. The van der Waals surface area contributed by atoms with Gasteiger partial charge in [0.2, 0.25) is 0 Å². The first-order valence-corrected chi connectivity index (χ1v) is 9.63. The van der Waals surface area contributed by atoms with Gasteiger partial charge in [-0.3, -0.25) is 19.7 Å². The second-order valence-corrected chi connectivity index (χ2v) is 6.71. The molecule has 1 aliphatic heterocycles. The molecule has 2 N–H and O–H groups in total. The van der Waals surface area contributed by atoms with Gasteiger partial charge in [0.25, 0.3) is 17.5 Å². The van der Waals surface area contributed by atoms with Crippen molar-refractivity contribution in [2.75, 3.05) is 6.54 Å². The molecule has 1 aliphatic rings. The van der Waals surface area contributed by atoms with Crippen LogP contribution in [0.3, 0.4) is 0 Å². The Morgan fingerprint density at radius 1 is 1.16 bits per heavy atom. The van der Waals surface area contributed by atoms with Gasteiger partial charge in [0.05, 0.1) is 10.6 Å². The summed E-state index contributed by atoms with van der Waals surface area (Å²) in [6.07, 6.45) is 1.68. The largest absolute Gasteiger partial charge is 0.351 e. The van der Waals surface area contributed by atoms with Crippen LogP contribution in [-0.2, 0) is 4.79 Å². The highest BCUT2D eigenvalue weighted by atomic mass is 16.6. The number of benzene rings is 2. The number of hydrogen-bond donors (Lipinski definition) is 2. The number of amides is 2. The fourth-order valence-corrected chi connectivity index (χ4v) is 3.03. The molecular formula is C22H19N5O4. The van der Waals surface area contributed by atoms with Crippen molar-refractivity contribution in [3.8, 4) is 6.07 Å². The van der Waals surface area contributed by atoms with Gasteiger partial charge in [-0.2, -0.15) is 5.26 Å². The normalized spacial score (nSPS) is 13.5. The molecule has 156 valence electrons. The average molecular weight is 417 g/mol. The van der Waals surface area contributed by atoms with Crippen molar-refractivity contribution in [3.05, 3.63) is 80.9 Å². The van der Waals surface area contributed by atoms with E-state index in [9.17, 15) is 25.0 Å². The van der Waals surface area contributed by atoms with E-state index >= 15 is 0 Å². The number of non-ortho nitro benzene ring substituents is 1. The minimum absolute atomic E-state index is 0.0876. The molecule has 0 fully saturated rings. The highest BCUT2D eigenvalue weighted by molar-refractivity contribution is 6.20. The van der Waals surface area contributed by atoms with Crippen molar-refractivity contribution >= 4 is 29.0 Å². The number of amidine groups is 1. The van der Waals surface area contributed by atoms with Crippen LogP contribution in [0.5, 0.6) is 0 Å². The van der Waals surface area contributed by atoms with E-state index in [1.807, 2.05) is 13.0 Å². The van der Waals surface area contributed by atoms with Gasteiger partial charge < -0.3 is 10.6 Å². The van der Waals surface area contributed by atoms with E-state index in [1.54, 1.807) is 24.3 Å². The Balaban J connectivity index is 1.95. The lowest BCUT2D eigenvalue weighted by Gasteiger charge is -2.06. The summed E-state index contributed by atoms with van der Waals surface area (Å²) in [5.74, 6) is -0.962. The van der Waals surface area contributed by atoms with E-state index in [1.165, 1.54) is 18.2 Å². The Kier molecular flexibility index (Phi) is 6.52. The molecule has 3 rings (SSSR count). The van der Waals surface area contributed by atoms with Gasteiger partial charge in [-0.05, 0) is 12.5 Å². The van der Waals surface area contributed by atoms with Crippen molar-refractivity contribution in [2.45, 2.75) is 19.8 Å². The lowest BCUT2D eigenvalue weighted by Crippen LogP contribution is -2.30. The molecule has 0 spiro atoms. The van der Waals surface area contributed by atoms with Crippen LogP contribution in [0.25, 0.3) is 5.70 Å². The van der Waals surface area contributed by atoms with E-state index in [2.05, 4.69) is 15.6 Å². The minimum Gasteiger partial charge on any atom is -0.351 e. The van der Waals surface area contributed by atoms with Crippen LogP contribution in [0.4, 0.5) is 5.69 Å². The van der Waals surface area contributed by atoms with Crippen molar-refractivity contribution in [2.24, 2.45) is 4.99 Å². The number of nitro benzene ring substituents is 1. The van der Waals surface area contributed by atoms with Gasteiger partial charge in [0, 0.05) is 35.4 Å². The fraction of sp³-hybridized carbons (Fsp3) is 0.182. The highest BCUT2D eigenvalue weighted by Gasteiger charge is 2.27. The summed E-state index contributed by atoms with van der Waals surface area (Å²) < 4.78 is 0. The van der Waals surface area contributed by atoms with Crippen LogP contribution in [0.15, 0.2) is 59.1 Å². The summed E-state index contributed by atoms with van der Waals surface area (Å²) in [5, 5.41) is 25.9. The smallest absolute Gasteiger partial charge is 0.270 e. The highest BCUT2D eigenvalue weighted by Crippen LogP contribution is 2.30. The third-order valence-electron chi connectivity index (χ3n) is 4.60. The molecule has 0 radical (unpaired) electrons. The summed E-state index contributed by atoms with van der Waals surface area (Å²) in [5.41, 5.74) is 0.983. The summed E-state index contributed by atoms with van der Waals surface area (Å²) in [4.78, 5) is 39.9. The molecule has 0 unspecified atom stereocenters. The number of nitriles is 1. The van der Waals surface area contributed by atoms with Crippen LogP contribution in [0, 0.1) is 21.4 Å². The van der Waals surface area contributed by atoms with Crippen LogP contribution in [0.1, 0.15) is 41.3 Å². The molecule has 0 saturated heterocycles. The molecule has 0 aromatic heterocycles. The van der Waals surface area contributed by atoms with Crippen LogP contribution in [0.2, 0.25) is 0 Å². The molecule has 1 heterocycles. The van der Waals surface area contributed by atoms with Crippen LogP contribution in [-0.4, -0.2) is 29.1 Å². The first kappa shape index (κ1) is 21.4. The van der Waals surface area contributed by atoms with Gasteiger partial charge in [-0.1, -0.05) is 43.7 Å². The number of hydrogen-bond acceptors (Lipinski definition) is 6. The topological polar surface area (TPSA) is 137 Å². The second-order valence-electron chi connectivity index (χ2n) is 6.71. The van der Waals surface area contributed by atoms with Crippen molar-refractivity contribution < 1.29 is 14.5 Å². The standard InChI is InChI=1S/C22H19N5O4/c1-2-3-11-24-22(29)18(13-23)19-16-9-4-5-10-17(16)20(25-19)26-21(28)14-7-6-8-15(12-14)27(30)31/h4-10,12H,2-3,11H2,1H3,(H,24,29)(H,25,26,28)/b19-18-. The molecule has 9 nitrogen and oxygen atoms in total.